The summed E-state index contributed by atoms with van der Waals surface area (Å²) in [5.74, 6) is 1.10. The largest absolute Gasteiger partial charge is 0.464 e. The van der Waals surface area contributed by atoms with E-state index in [-0.39, 0.29) is 12.0 Å². The van der Waals surface area contributed by atoms with E-state index in [9.17, 15) is 0 Å². The SMILES string of the molecule is CCNc1nc(OCC)nc(Oc2ccc(I)cc2)n1. The molecule has 0 aliphatic carbocycles. The van der Waals surface area contributed by atoms with Crippen molar-refractivity contribution in [1.29, 1.82) is 0 Å². The quantitative estimate of drug-likeness (QED) is 0.770. The van der Waals surface area contributed by atoms with Crippen LogP contribution in [-0.2, 0) is 0 Å². The average Bonchev–Trinajstić information content (AvgIpc) is 2.42. The third-order valence-electron chi connectivity index (χ3n) is 2.23. The second-order valence-electron chi connectivity index (χ2n) is 3.74. The van der Waals surface area contributed by atoms with Crippen LogP contribution in [0.15, 0.2) is 24.3 Å². The van der Waals surface area contributed by atoms with Gasteiger partial charge in [-0.05, 0) is 60.7 Å². The summed E-state index contributed by atoms with van der Waals surface area (Å²) < 4.78 is 12.1. The second-order valence-corrected chi connectivity index (χ2v) is 4.99. The van der Waals surface area contributed by atoms with Gasteiger partial charge in [0.2, 0.25) is 5.95 Å². The highest BCUT2D eigenvalue weighted by molar-refractivity contribution is 14.1. The average molecular weight is 386 g/mol. The van der Waals surface area contributed by atoms with Crippen LogP contribution in [0.2, 0.25) is 0 Å². The van der Waals surface area contributed by atoms with Gasteiger partial charge in [0.1, 0.15) is 5.75 Å². The zero-order valence-electron chi connectivity index (χ0n) is 11.3. The summed E-state index contributed by atoms with van der Waals surface area (Å²) in [6, 6.07) is 8.08. The molecule has 0 saturated carbocycles. The van der Waals surface area contributed by atoms with Crippen molar-refractivity contribution in [2.24, 2.45) is 0 Å². The molecular weight excluding hydrogens is 371 g/mol. The molecule has 2 aromatic rings. The lowest BCUT2D eigenvalue weighted by atomic mass is 10.3. The summed E-state index contributed by atoms with van der Waals surface area (Å²) in [5.41, 5.74) is 0. The van der Waals surface area contributed by atoms with E-state index in [1.165, 1.54) is 0 Å². The summed E-state index contributed by atoms with van der Waals surface area (Å²) >= 11 is 2.23. The predicted molar refractivity (Wildman–Crippen MR) is 84.4 cm³/mol. The Balaban J connectivity index is 2.22. The Morgan fingerprint density at radius 3 is 2.40 bits per heavy atom. The minimum Gasteiger partial charge on any atom is -0.464 e. The van der Waals surface area contributed by atoms with Gasteiger partial charge >= 0.3 is 12.0 Å². The minimum absolute atomic E-state index is 0.209. The summed E-state index contributed by atoms with van der Waals surface area (Å²) in [7, 11) is 0. The molecule has 0 unspecified atom stereocenters. The van der Waals surface area contributed by atoms with Crippen LogP contribution < -0.4 is 14.8 Å². The van der Waals surface area contributed by atoms with Crippen LogP contribution in [0.1, 0.15) is 13.8 Å². The van der Waals surface area contributed by atoms with Crippen molar-refractivity contribution in [3.63, 3.8) is 0 Å². The van der Waals surface area contributed by atoms with E-state index in [1.54, 1.807) is 0 Å². The maximum absolute atomic E-state index is 5.62. The smallest absolute Gasteiger partial charge is 0.330 e. The summed E-state index contributed by atoms with van der Waals surface area (Å²) in [6.45, 7) is 5.03. The molecule has 106 valence electrons. The highest BCUT2D eigenvalue weighted by atomic mass is 127. The molecule has 0 amide bonds. The standard InChI is InChI=1S/C13H15IN4O2/c1-3-15-11-16-12(19-4-2)18-13(17-11)20-10-7-5-9(14)6-8-10/h5-8H,3-4H2,1-2H3,(H,15,16,17,18). The Morgan fingerprint density at radius 1 is 1.05 bits per heavy atom. The molecule has 0 aliphatic rings. The zero-order chi connectivity index (χ0) is 14.4. The lowest BCUT2D eigenvalue weighted by Gasteiger charge is -2.08. The lowest BCUT2D eigenvalue weighted by Crippen LogP contribution is -2.07. The van der Waals surface area contributed by atoms with Crippen LogP contribution in [0, 0.1) is 3.57 Å². The monoisotopic (exact) mass is 386 g/mol. The van der Waals surface area contributed by atoms with Crippen LogP contribution in [0.25, 0.3) is 0 Å². The zero-order valence-corrected chi connectivity index (χ0v) is 13.4. The van der Waals surface area contributed by atoms with Crippen LogP contribution in [0.4, 0.5) is 5.95 Å². The molecule has 0 saturated heterocycles. The Labute approximate surface area is 131 Å². The first kappa shape index (κ1) is 14.8. The molecule has 0 radical (unpaired) electrons. The van der Waals surface area contributed by atoms with Crippen LogP contribution in [-0.4, -0.2) is 28.1 Å². The van der Waals surface area contributed by atoms with Gasteiger partial charge < -0.3 is 14.8 Å². The molecule has 1 N–H and O–H groups in total. The summed E-state index contributed by atoms with van der Waals surface area (Å²) in [5, 5.41) is 3.02. The van der Waals surface area contributed by atoms with E-state index in [2.05, 4.69) is 42.9 Å². The van der Waals surface area contributed by atoms with Crippen molar-refractivity contribution in [1.82, 2.24) is 15.0 Å². The van der Waals surface area contributed by atoms with Crippen molar-refractivity contribution >= 4 is 28.5 Å². The van der Waals surface area contributed by atoms with Crippen molar-refractivity contribution in [3.8, 4) is 17.8 Å². The second kappa shape index (κ2) is 7.22. The molecule has 1 aromatic carbocycles. The Hall–Kier alpha value is -1.64. The Morgan fingerprint density at radius 2 is 1.75 bits per heavy atom. The molecule has 7 heteroatoms. The summed E-state index contributed by atoms with van der Waals surface area (Å²) in [6.07, 6.45) is 0. The number of hydrogen-bond donors (Lipinski definition) is 1. The first-order valence-electron chi connectivity index (χ1n) is 6.27. The number of ether oxygens (including phenoxy) is 2. The molecule has 1 aromatic heterocycles. The number of nitrogens with one attached hydrogen (secondary N) is 1. The molecule has 0 bridgehead atoms. The number of nitrogens with zero attached hydrogens (tertiary/aromatic N) is 3. The molecular formula is C13H15IN4O2. The number of aromatic nitrogens is 3. The van der Waals surface area contributed by atoms with Crippen molar-refractivity contribution < 1.29 is 9.47 Å². The normalized spacial score (nSPS) is 10.2. The third kappa shape index (κ3) is 4.19. The first-order chi connectivity index (χ1) is 9.71. The van der Waals surface area contributed by atoms with E-state index in [0.717, 1.165) is 3.57 Å². The van der Waals surface area contributed by atoms with Crippen molar-refractivity contribution in [3.05, 3.63) is 27.8 Å². The van der Waals surface area contributed by atoms with E-state index in [0.29, 0.717) is 24.8 Å². The van der Waals surface area contributed by atoms with E-state index in [4.69, 9.17) is 9.47 Å². The molecule has 6 nitrogen and oxygen atoms in total. The fraction of sp³-hybridized carbons (Fsp3) is 0.308. The maximum atomic E-state index is 5.62. The van der Waals surface area contributed by atoms with E-state index in [1.807, 2.05) is 38.1 Å². The fourth-order valence-corrected chi connectivity index (χ4v) is 1.78. The maximum Gasteiger partial charge on any atom is 0.330 e. The predicted octanol–water partition coefficient (Wildman–Crippen LogP) is 3.10. The molecule has 0 spiro atoms. The molecule has 2 rings (SSSR count). The summed E-state index contributed by atoms with van der Waals surface area (Å²) in [4.78, 5) is 12.4. The fourth-order valence-electron chi connectivity index (χ4n) is 1.42. The number of anilines is 1. The number of hydrogen-bond acceptors (Lipinski definition) is 6. The molecule has 0 fully saturated rings. The molecule has 0 aliphatic heterocycles. The van der Waals surface area contributed by atoms with Crippen molar-refractivity contribution in [2.75, 3.05) is 18.5 Å². The van der Waals surface area contributed by atoms with Gasteiger partial charge in [0.05, 0.1) is 6.61 Å². The van der Waals surface area contributed by atoms with E-state index < -0.39 is 0 Å². The van der Waals surface area contributed by atoms with Gasteiger partial charge in [-0.1, -0.05) is 0 Å². The Kier molecular flexibility index (Phi) is 5.33. The Bertz CT molecular complexity index is 539. The van der Waals surface area contributed by atoms with Gasteiger partial charge in [-0.25, -0.2) is 0 Å². The van der Waals surface area contributed by atoms with Crippen LogP contribution in [0.3, 0.4) is 0 Å². The van der Waals surface area contributed by atoms with Crippen LogP contribution in [0.5, 0.6) is 17.8 Å². The molecule has 0 atom stereocenters. The number of benzene rings is 1. The molecule has 1 heterocycles. The number of halogens is 1. The highest BCUT2D eigenvalue weighted by Gasteiger charge is 2.08. The topological polar surface area (TPSA) is 69.2 Å². The third-order valence-corrected chi connectivity index (χ3v) is 2.94. The minimum atomic E-state index is 0.209. The van der Waals surface area contributed by atoms with Gasteiger partial charge in [-0.15, -0.1) is 4.98 Å². The van der Waals surface area contributed by atoms with Gasteiger partial charge in [0, 0.05) is 10.1 Å². The highest BCUT2D eigenvalue weighted by Crippen LogP contribution is 2.21. The van der Waals surface area contributed by atoms with E-state index >= 15 is 0 Å². The first-order valence-corrected chi connectivity index (χ1v) is 7.35. The van der Waals surface area contributed by atoms with Crippen LogP contribution >= 0.6 is 22.6 Å². The van der Waals surface area contributed by atoms with Gasteiger partial charge in [-0.2, -0.15) is 9.97 Å². The number of rotatable bonds is 6. The van der Waals surface area contributed by atoms with Gasteiger partial charge in [-0.3, -0.25) is 0 Å². The van der Waals surface area contributed by atoms with Gasteiger partial charge in [0.15, 0.2) is 0 Å². The van der Waals surface area contributed by atoms with Gasteiger partial charge in [0.25, 0.3) is 0 Å². The molecule has 20 heavy (non-hydrogen) atoms. The van der Waals surface area contributed by atoms with Crippen molar-refractivity contribution in [2.45, 2.75) is 13.8 Å². The lowest BCUT2D eigenvalue weighted by molar-refractivity contribution is 0.304.